The molecule has 0 bridgehead atoms. The highest BCUT2D eigenvalue weighted by molar-refractivity contribution is 7.98. The molecule has 3 amide bonds. The fraction of sp³-hybridized carbons (Fsp3) is 0.654. The summed E-state index contributed by atoms with van der Waals surface area (Å²) in [5.41, 5.74) is 1.13. The first-order chi connectivity index (χ1) is 15.9. The van der Waals surface area contributed by atoms with Crippen molar-refractivity contribution in [2.45, 2.75) is 91.5 Å². The van der Waals surface area contributed by atoms with Gasteiger partial charge in [0.15, 0.2) is 0 Å². The predicted octanol–water partition coefficient (Wildman–Crippen LogP) is 4.84. The molecule has 0 aromatic heterocycles. The fourth-order valence-corrected chi connectivity index (χ4v) is 3.95. The molecule has 0 saturated heterocycles. The summed E-state index contributed by atoms with van der Waals surface area (Å²) in [7, 11) is 0. The number of alkyl carbamates (subject to hydrolysis) is 1. The molecule has 0 spiro atoms. The van der Waals surface area contributed by atoms with E-state index in [0.717, 1.165) is 24.0 Å². The zero-order chi connectivity index (χ0) is 25.9. The summed E-state index contributed by atoms with van der Waals surface area (Å²) in [6, 6.07) is 5.78. The molecular formula is C26H43N3O4S. The number of hydrogen-bond donors (Lipinski definition) is 2. The van der Waals surface area contributed by atoms with Crippen LogP contribution in [0.1, 0.15) is 78.0 Å². The topological polar surface area (TPSA) is 87.7 Å². The summed E-state index contributed by atoms with van der Waals surface area (Å²) in [4.78, 5) is 41.4. The molecule has 7 nitrogen and oxygen atoms in total. The highest BCUT2D eigenvalue weighted by Gasteiger charge is 2.37. The smallest absolute Gasteiger partial charge is 0.408 e. The first-order valence-electron chi connectivity index (χ1n) is 12.1. The Balaban J connectivity index is 3.35. The van der Waals surface area contributed by atoms with Gasteiger partial charge < -0.3 is 20.3 Å². The van der Waals surface area contributed by atoms with Crippen LogP contribution in [0.4, 0.5) is 4.79 Å². The highest BCUT2D eigenvalue weighted by Crippen LogP contribution is 2.26. The average Bonchev–Trinajstić information content (AvgIpc) is 2.73. The monoisotopic (exact) mass is 493 g/mol. The summed E-state index contributed by atoms with van der Waals surface area (Å²) in [6.45, 7) is 13.7. The number of carbonyl (C=O) groups excluding carboxylic acids is 3. The maximum atomic E-state index is 13.9. The van der Waals surface area contributed by atoms with E-state index in [4.69, 9.17) is 4.74 Å². The van der Waals surface area contributed by atoms with Gasteiger partial charge in [0.2, 0.25) is 11.8 Å². The maximum Gasteiger partial charge on any atom is 0.408 e. The number of thioether (sulfide) groups is 1. The van der Waals surface area contributed by atoms with Crippen molar-refractivity contribution >= 4 is 29.7 Å². The first kappa shape index (κ1) is 29.8. The van der Waals surface area contributed by atoms with Gasteiger partial charge in [-0.15, -0.1) is 0 Å². The van der Waals surface area contributed by atoms with E-state index in [1.54, 1.807) is 37.4 Å². The van der Waals surface area contributed by atoms with Gasteiger partial charge in [-0.25, -0.2) is 4.79 Å². The van der Waals surface area contributed by atoms with E-state index in [9.17, 15) is 14.4 Å². The molecule has 34 heavy (non-hydrogen) atoms. The van der Waals surface area contributed by atoms with Gasteiger partial charge in [0.05, 0.1) is 0 Å². The lowest BCUT2D eigenvalue weighted by Gasteiger charge is -2.37. The second kappa shape index (κ2) is 14.2. The number of amides is 3. The van der Waals surface area contributed by atoms with Crippen LogP contribution in [0.3, 0.4) is 0 Å². The highest BCUT2D eigenvalue weighted by atomic mass is 32.2. The van der Waals surface area contributed by atoms with Crippen LogP contribution in [0.25, 0.3) is 0 Å². The van der Waals surface area contributed by atoms with Crippen molar-refractivity contribution in [1.29, 1.82) is 0 Å². The van der Waals surface area contributed by atoms with Crippen LogP contribution in [0.2, 0.25) is 0 Å². The molecule has 0 heterocycles. The standard InChI is InChI=1S/C26H43N3O4S/c1-9-10-16-27-23(30)22(20-13-11-19(4)12-14-20)29(18(2)3)24(31)21(15-17-34-8)28-25(32)33-26(5,6)7/h11-14,18,21-22H,9-10,15-17H2,1-8H3,(H,27,30)(H,28,32). The summed E-state index contributed by atoms with van der Waals surface area (Å²) in [5, 5.41) is 5.74. The normalized spacial score (nSPS) is 13.2. The van der Waals surface area contributed by atoms with E-state index < -0.39 is 23.8 Å². The van der Waals surface area contributed by atoms with Crippen LogP contribution >= 0.6 is 11.8 Å². The van der Waals surface area contributed by atoms with Crippen LogP contribution in [-0.2, 0) is 14.3 Å². The Morgan fingerprint density at radius 1 is 1.12 bits per heavy atom. The Morgan fingerprint density at radius 3 is 2.24 bits per heavy atom. The van der Waals surface area contributed by atoms with Crippen LogP contribution in [0.5, 0.6) is 0 Å². The number of nitrogens with one attached hydrogen (secondary N) is 2. The Labute approximate surface area is 209 Å². The van der Waals surface area contributed by atoms with Crippen molar-refractivity contribution in [3.05, 3.63) is 35.4 Å². The first-order valence-corrected chi connectivity index (χ1v) is 13.5. The van der Waals surface area contributed by atoms with Crippen molar-refractivity contribution in [2.75, 3.05) is 18.6 Å². The number of hydrogen-bond acceptors (Lipinski definition) is 5. The van der Waals surface area contributed by atoms with Crippen molar-refractivity contribution < 1.29 is 19.1 Å². The number of ether oxygens (including phenoxy) is 1. The summed E-state index contributed by atoms with van der Waals surface area (Å²) >= 11 is 1.59. The minimum Gasteiger partial charge on any atom is -0.444 e. The van der Waals surface area contributed by atoms with Gasteiger partial charge in [0, 0.05) is 12.6 Å². The molecule has 192 valence electrons. The maximum absolute atomic E-state index is 13.9. The molecule has 0 radical (unpaired) electrons. The van der Waals surface area contributed by atoms with Gasteiger partial charge in [-0.2, -0.15) is 11.8 Å². The molecule has 0 saturated carbocycles. The number of rotatable bonds is 12. The Kier molecular flexibility index (Phi) is 12.5. The van der Waals surface area contributed by atoms with E-state index in [-0.39, 0.29) is 17.9 Å². The van der Waals surface area contributed by atoms with Crippen LogP contribution in [-0.4, -0.2) is 59.0 Å². The van der Waals surface area contributed by atoms with Gasteiger partial charge in [-0.05, 0) is 72.0 Å². The molecule has 2 atom stereocenters. The molecule has 2 unspecified atom stereocenters. The Morgan fingerprint density at radius 2 is 1.74 bits per heavy atom. The molecule has 1 aromatic rings. The quantitative estimate of drug-likeness (QED) is 0.407. The minimum atomic E-state index is -0.805. The van der Waals surface area contributed by atoms with E-state index >= 15 is 0 Å². The lowest BCUT2D eigenvalue weighted by molar-refractivity contribution is -0.144. The molecule has 0 aliphatic heterocycles. The molecule has 0 aliphatic rings. The number of benzene rings is 1. The van der Waals surface area contributed by atoms with Gasteiger partial charge in [0.25, 0.3) is 0 Å². The third-order valence-electron chi connectivity index (χ3n) is 5.16. The van der Waals surface area contributed by atoms with Crippen LogP contribution in [0, 0.1) is 6.92 Å². The zero-order valence-corrected chi connectivity index (χ0v) is 22.9. The Bertz CT molecular complexity index is 790. The zero-order valence-electron chi connectivity index (χ0n) is 22.1. The Hall–Kier alpha value is -2.22. The van der Waals surface area contributed by atoms with Crippen molar-refractivity contribution in [1.82, 2.24) is 15.5 Å². The van der Waals surface area contributed by atoms with Gasteiger partial charge in [-0.3, -0.25) is 9.59 Å². The molecule has 2 N–H and O–H groups in total. The van der Waals surface area contributed by atoms with E-state index in [2.05, 4.69) is 17.6 Å². The second-order valence-electron chi connectivity index (χ2n) is 9.78. The van der Waals surface area contributed by atoms with Crippen LogP contribution < -0.4 is 10.6 Å². The number of nitrogens with zero attached hydrogens (tertiary/aromatic N) is 1. The molecule has 1 rings (SSSR count). The van der Waals surface area contributed by atoms with E-state index in [1.165, 1.54) is 0 Å². The van der Waals surface area contributed by atoms with Crippen molar-refractivity contribution in [3.63, 3.8) is 0 Å². The molecule has 0 aliphatic carbocycles. The van der Waals surface area contributed by atoms with E-state index in [1.807, 2.05) is 51.3 Å². The lowest BCUT2D eigenvalue weighted by Crippen LogP contribution is -2.55. The largest absolute Gasteiger partial charge is 0.444 e. The third-order valence-corrected chi connectivity index (χ3v) is 5.80. The average molecular weight is 494 g/mol. The number of unbranched alkanes of at least 4 members (excludes halogenated alkanes) is 1. The fourth-order valence-electron chi connectivity index (χ4n) is 3.47. The summed E-state index contributed by atoms with van der Waals surface area (Å²) < 4.78 is 5.40. The number of aryl methyl sites for hydroxylation is 1. The summed E-state index contributed by atoms with van der Waals surface area (Å²) in [5.74, 6) is 0.155. The lowest BCUT2D eigenvalue weighted by atomic mass is 9.99. The molecular weight excluding hydrogens is 450 g/mol. The summed E-state index contributed by atoms with van der Waals surface area (Å²) in [6.07, 6.45) is 3.55. The van der Waals surface area contributed by atoms with Gasteiger partial charge in [-0.1, -0.05) is 43.2 Å². The van der Waals surface area contributed by atoms with Crippen molar-refractivity contribution in [2.24, 2.45) is 0 Å². The number of carbonyl (C=O) groups is 3. The molecule has 8 heteroatoms. The second-order valence-corrected chi connectivity index (χ2v) is 10.8. The van der Waals surface area contributed by atoms with Gasteiger partial charge >= 0.3 is 6.09 Å². The van der Waals surface area contributed by atoms with E-state index in [0.29, 0.717) is 18.7 Å². The minimum absolute atomic E-state index is 0.222. The molecule has 0 fully saturated rings. The third kappa shape index (κ3) is 9.95. The SMILES string of the molecule is CCCCNC(=O)C(c1ccc(C)cc1)N(C(=O)C(CCSC)NC(=O)OC(C)(C)C)C(C)C. The van der Waals surface area contributed by atoms with Crippen LogP contribution in [0.15, 0.2) is 24.3 Å². The van der Waals surface area contributed by atoms with Crippen molar-refractivity contribution in [3.8, 4) is 0 Å². The predicted molar refractivity (Wildman–Crippen MR) is 140 cm³/mol. The molecule has 1 aromatic carbocycles. The van der Waals surface area contributed by atoms with Gasteiger partial charge in [0.1, 0.15) is 17.7 Å².